The number of hydrogen-bond acceptors (Lipinski definition) is 3. The van der Waals surface area contributed by atoms with E-state index in [9.17, 15) is 8.42 Å². The molecule has 0 aromatic carbocycles. The van der Waals surface area contributed by atoms with Crippen LogP contribution in [0, 0.1) is 5.41 Å². The van der Waals surface area contributed by atoms with E-state index in [1.165, 1.54) is 0 Å². The SMILES string of the molecule is CC(C)(C)C(c1ccc(Br)cn1)S(N)(=O)=O. The Balaban J connectivity index is 3.29. The zero-order valence-electron chi connectivity index (χ0n) is 9.44. The Morgan fingerprint density at radius 2 is 1.94 bits per heavy atom. The molecule has 0 saturated heterocycles. The number of sulfonamides is 1. The fourth-order valence-corrected chi connectivity index (χ4v) is 3.34. The molecule has 2 N–H and O–H groups in total. The minimum absolute atomic E-state index is 0.471. The van der Waals surface area contributed by atoms with Crippen molar-refractivity contribution in [1.29, 1.82) is 0 Å². The molecule has 1 aromatic heterocycles. The Morgan fingerprint density at radius 1 is 1.38 bits per heavy atom. The highest BCUT2D eigenvalue weighted by Crippen LogP contribution is 2.37. The number of primary sulfonamides is 1. The molecule has 0 saturated carbocycles. The average molecular weight is 307 g/mol. The standard InChI is InChI=1S/C10H15BrN2O2S/c1-10(2,3)9(16(12,14)15)8-5-4-7(11)6-13-8/h4-6,9H,1-3H3,(H2,12,14,15). The van der Waals surface area contributed by atoms with Gasteiger partial charge in [0.2, 0.25) is 10.0 Å². The Morgan fingerprint density at radius 3 is 2.25 bits per heavy atom. The maximum Gasteiger partial charge on any atom is 0.218 e. The van der Waals surface area contributed by atoms with Gasteiger partial charge in [0.15, 0.2) is 0 Å². The Bertz CT molecular complexity index is 463. The van der Waals surface area contributed by atoms with Gasteiger partial charge in [0.25, 0.3) is 0 Å². The van der Waals surface area contributed by atoms with Crippen molar-refractivity contribution >= 4 is 26.0 Å². The van der Waals surface area contributed by atoms with Gasteiger partial charge in [-0.05, 0) is 33.5 Å². The monoisotopic (exact) mass is 306 g/mol. The van der Waals surface area contributed by atoms with Crippen molar-refractivity contribution in [2.45, 2.75) is 26.0 Å². The molecule has 1 aromatic rings. The first-order valence-corrected chi connectivity index (χ1v) is 7.15. The summed E-state index contributed by atoms with van der Waals surface area (Å²) in [7, 11) is -3.67. The molecular weight excluding hydrogens is 292 g/mol. The molecule has 0 aliphatic rings. The van der Waals surface area contributed by atoms with E-state index in [2.05, 4.69) is 20.9 Å². The molecule has 0 aliphatic heterocycles. The van der Waals surface area contributed by atoms with Crippen molar-refractivity contribution in [3.05, 3.63) is 28.5 Å². The lowest BCUT2D eigenvalue weighted by molar-refractivity contribution is 0.378. The van der Waals surface area contributed by atoms with Crippen LogP contribution in [0.5, 0.6) is 0 Å². The van der Waals surface area contributed by atoms with Gasteiger partial charge in [0.05, 0.1) is 5.69 Å². The summed E-state index contributed by atoms with van der Waals surface area (Å²) in [6.45, 7) is 5.48. The number of nitrogens with two attached hydrogens (primary N) is 1. The van der Waals surface area contributed by atoms with Crippen LogP contribution in [0.2, 0.25) is 0 Å². The second kappa shape index (κ2) is 4.43. The smallest absolute Gasteiger partial charge is 0.218 e. The van der Waals surface area contributed by atoms with Crippen LogP contribution in [0.3, 0.4) is 0 Å². The maximum atomic E-state index is 11.6. The summed E-state index contributed by atoms with van der Waals surface area (Å²) in [4.78, 5) is 4.11. The molecule has 1 rings (SSSR count). The topological polar surface area (TPSA) is 73.0 Å². The molecule has 0 aliphatic carbocycles. The lowest BCUT2D eigenvalue weighted by Gasteiger charge is -2.28. The van der Waals surface area contributed by atoms with E-state index in [0.29, 0.717) is 5.69 Å². The van der Waals surface area contributed by atoms with Gasteiger partial charge in [-0.3, -0.25) is 4.98 Å². The summed E-state index contributed by atoms with van der Waals surface area (Å²) in [6, 6.07) is 3.43. The van der Waals surface area contributed by atoms with E-state index < -0.39 is 20.7 Å². The predicted molar refractivity (Wildman–Crippen MR) is 67.2 cm³/mol. The highest BCUT2D eigenvalue weighted by Gasteiger charge is 2.36. The molecule has 4 nitrogen and oxygen atoms in total. The third kappa shape index (κ3) is 3.26. The molecule has 6 heteroatoms. The molecule has 0 bridgehead atoms. The van der Waals surface area contributed by atoms with Gasteiger partial charge in [-0.25, -0.2) is 13.6 Å². The summed E-state index contributed by atoms with van der Waals surface area (Å²) >= 11 is 3.25. The third-order valence-electron chi connectivity index (χ3n) is 2.13. The summed E-state index contributed by atoms with van der Waals surface area (Å²) < 4.78 is 24.0. The van der Waals surface area contributed by atoms with Crippen molar-refractivity contribution in [2.75, 3.05) is 0 Å². The van der Waals surface area contributed by atoms with Crippen LogP contribution in [-0.4, -0.2) is 13.4 Å². The minimum atomic E-state index is -3.67. The van der Waals surface area contributed by atoms with Gasteiger partial charge in [-0.2, -0.15) is 0 Å². The number of rotatable bonds is 2. The molecule has 1 heterocycles. The quantitative estimate of drug-likeness (QED) is 0.910. The van der Waals surface area contributed by atoms with Gasteiger partial charge in [0.1, 0.15) is 5.25 Å². The van der Waals surface area contributed by atoms with Crippen LogP contribution in [0.15, 0.2) is 22.8 Å². The van der Waals surface area contributed by atoms with Gasteiger partial charge in [-0.15, -0.1) is 0 Å². The largest absolute Gasteiger partial charge is 0.259 e. The minimum Gasteiger partial charge on any atom is -0.259 e. The summed E-state index contributed by atoms with van der Waals surface area (Å²) in [5.41, 5.74) is -0.0211. The van der Waals surface area contributed by atoms with Gasteiger partial charge in [0, 0.05) is 10.7 Å². The van der Waals surface area contributed by atoms with Crippen LogP contribution in [0.4, 0.5) is 0 Å². The molecule has 0 amide bonds. The molecule has 16 heavy (non-hydrogen) atoms. The van der Waals surface area contributed by atoms with Gasteiger partial charge >= 0.3 is 0 Å². The van der Waals surface area contributed by atoms with Crippen LogP contribution in [-0.2, 0) is 10.0 Å². The highest BCUT2D eigenvalue weighted by molar-refractivity contribution is 9.10. The predicted octanol–water partition coefficient (Wildman–Crippen LogP) is 2.22. The van der Waals surface area contributed by atoms with E-state index in [1.54, 1.807) is 18.3 Å². The average Bonchev–Trinajstić information content (AvgIpc) is 2.03. The summed E-state index contributed by atoms with van der Waals surface area (Å²) in [5.74, 6) is 0. The third-order valence-corrected chi connectivity index (χ3v) is 4.21. The number of halogens is 1. The van der Waals surface area contributed by atoms with Gasteiger partial charge < -0.3 is 0 Å². The summed E-state index contributed by atoms with van der Waals surface area (Å²) in [5, 5.41) is 4.46. The molecule has 0 fully saturated rings. The molecule has 1 unspecified atom stereocenters. The molecule has 0 radical (unpaired) electrons. The second-order valence-corrected chi connectivity index (χ2v) is 7.30. The summed E-state index contributed by atoms with van der Waals surface area (Å²) in [6.07, 6.45) is 1.57. The number of hydrogen-bond donors (Lipinski definition) is 1. The Hall–Kier alpha value is -0.460. The van der Waals surface area contributed by atoms with Crippen LogP contribution < -0.4 is 5.14 Å². The van der Waals surface area contributed by atoms with E-state index in [4.69, 9.17) is 5.14 Å². The first-order valence-electron chi connectivity index (χ1n) is 4.75. The Labute approximate surface area is 104 Å². The lowest BCUT2D eigenvalue weighted by Crippen LogP contribution is -2.32. The molecular formula is C10H15BrN2O2S. The normalized spacial score (nSPS) is 14.8. The number of nitrogens with zero attached hydrogens (tertiary/aromatic N) is 1. The van der Waals surface area contributed by atoms with E-state index in [1.807, 2.05) is 20.8 Å². The van der Waals surface area contributed by atoms with Crippen LogP contribution in [0.1, 0.15) is 31.7 Å². The zero-order valence-corrected chi connectivity index (χ0v) is 11.8. The number of aromatic nitrogens is 1. The fraction of sp³-hybridized carbons (Fsp3) is 0.500. The molecule has 1 atom stereocenters. The Kier molecular flexibility index (Phi) is 3.76. The van der Waals surface area contributed by atoms with Crippen LogP contribution >= 0.6 is 15.9 Å². The van der Waals surface area contributed by atoms with Crippen molar-refractivity contribution in [2.24, 2.45) is 10.6 Å². The van der Waals surface area contributed by atoms with Crippen molar-refractivity contribution in [3.8, 4) is 0 Å². The van der Waals surface area contributed by atoms with E-state index in [-0.39, 0.29) is 0 Å². The second-order valence-electron chi connectivity index (χ2n) is 4.74. The molecule has 0 spiro atoms. The number of pyridine rings is 1. The van der Waals surface area contributed by atoms with Crippen molar-refractivity contribution in [3.63, 3.8) is 0 Å². The molecule has 90 valence electrons. The van der Waals surface area contributed by atoms with Crippen molar-refractivity contribution in [1.82, 2.24) is 4.98 Å². The van der Waals surface area contributed by atoms with Crippen LogP contribution in [0.25, 0.3) is 0 Å². The van der Waals surface area contributed by atoms with E-state index >= 15 is 0 Å². The van der Waals surface area contributed by atoms with E-state index in [0.717, 1.165) is 4.47 Å². The maximum absolute atomic E-state index is 11.6. The zero-order chi connectivity index (χ0) is 12.6. The van der Waals surface area contributed by atoms with Gasteiger partial charge in [-0.1, -0.05) is 20.8 Å². The lowest BCUT2D eigenvalue weighted by atomic mass is 9.89. The fourth-order valence-electron chi connectivity index (χ4n) is 1.65. The highest BCUT2D eigenvalue weighted by atomic mass is 79.9. The first kappa shape index (κ1) is 13.6. The van der Waals surface area contributed by atoms with Crippen molar-refractivity contribution < 1.29 is 8.42 Å². The first-order chi connectivity index (χ1) is 7.12.